The lowest BCUT2D eigenvalue weighted by Gasteiger charge is -2.06. The number of nitrogens with zero attached hydrogens (tertiary/aromatic N) is 1. The Balaban J connectivity index is 1.82. The summed E-state index contributed by atoms with van der Waals surface area (Å²) in [5, 5.41) is 13.7. The van der Waals surface area contributed by atoms with Gasteiger partial charge in [0.2, 0.25) is 0 Å². The molecule has 0 saturated heterocycles. The van der Waals surface area contributed by atoms with E-state index >= 15 is 0 Å². The van der Waals surface area contributed by atoms with Crippen LogP contribution in [0.25, 0.3) is 6.08 Å². The molecule has 0 heterocycles. The molecule has 1 N–H and O–H groups in total. The summed E-state index contributed by atoms with van der Waals surface area (Å²) >= 11 is 11.6. The number of nitrogens with one attached hydrogen (secondary N) is 1. The van der Waals surface area contributed by atoms with Crippen molar-refractivity contribution in [2.75, 3.05) is 11.9 Å². The zero-order chi connectivity index (χ0) is 19.1. The molecule has 0 radical (unpaired) electrons. The molecule has 0 atom stereocenters. The van der Waals surface area contributed by atoms with Crippen LogP contribution in [0.2, 0.25) is 10.0 Å². The van der Waals surface area contributed by atoms with E-state index in [0.29, 0.717) is 16.3 Å². The van der Waals surface area contributed by atoms with Crippen molar-refractivity contribution in [1.82, 2.24) is 0 Å². The average molecular weight is 395 g/mol. The largest absolute Gasteiger partial charge is 0.452 e. The average Bonchev–Trinajstić information content (AvgIpc) is 2.61. The number of carbonyl (C=O) groups excluding carboxylic acids is 2. The molecule has 0 unspecified atom stereocenters. The van der Waals surface area contributed by atoms with Crippen LogP contribution < -0.4 is 5.32 Å². The summed E-state index contributed by atoms with van der Waals surface area (Å²) < 4.78 is 4.81. The van der Waals surface area contributed by atoms with Crippen molar-refractivity contribution in [1.29, 1.82) is 0 Å². The zero-order valence-electron chi connectivity index (χ0n) is 13.1. The number of nitro benzene ring substituents is 1. The van der Waals surface area contributed by atoms with E-state index in [1.807, 2.05) is 0 Å². The van der Waals surface area contributed by atoms with E-state index in [2.05, 4.69) is 5.32 Å². The summed E-state index contributed by atoms with van der Waals surface area (Å²) in [5.74, 6) is -1.27. The molecule has 0 aliphatic carbocycles. The maximum absolute atomic E-state index is 11.7. The number of amides is 1. The predicted molar refractivity (Wildman–Crippen MR) is 98.2 cm³/mol. The Hall–Kier alpha value is -2.90. The first-order chi connectivity index (χ1) is 12.3. The van der Waals surface area contributed by atoms with Gasteiger partial charge in [0.25, 0.3) is 11.6 Å². The van der Waals surface area contributed by atoms with Crippen molar-refractivity contribution in [3.05, 3.63) is 74.3 Å². The van der Waals surface area contributed by atoms with Gasteiger partial charge in [-0.15, -0.1) is 0 Å². The van der Waals surface area contributed by atoms with E-state index in [0.717, 1.165) is 6.08 Å². The van der Waals surface area contributed by atoms with Crippen molar-refractivity contribution in [2.24, 2.45) is 0 Å². The van der Waals surface area contributed by atoms with E-state index in [1.54, 1.807) is 6.07 Å². The van der Waals surface area contributed by atoms with E-state index in [9.17, 15) is 19.7 Å². The monoisotopic (exact) mass is 394 g/mol. The zero-order valence-corrected chi connectivity index (χ0v) is 14.7. The highest BCUT2D eigenvalue weighted by Gasteiger charge is 2.07. The second kappa shape index (κ2) is 8.98. The molecule has 0 aliphatic heterocycles. The number of anilines is 1. The van der Waals surface area contributed by atoms with Gasteiger partial charge in [-0.1, -0.05) is 23.2 Å². The first-order valence-corrected chi connectivity index (χ1v) is 7.95. The molecule has 7 nitrogen and oxygen atoms in total. The Morgan fingerprint density at radius 2 is 1.81 bits per heavy atom. The Morgan fingerprint density at radius 3 is 2.42 bits per heavy atom. The van der Waals surface area contributed by atoms with Gasteiger partial charge in [0, 0.05) is 23.9 Å². The first-order valence-electron chi connectivity index (χ1n) is 7.19. The number of halogens is 2. The van der Waals surface area contributed by atoms with E-state index in [1.165, 1.54) is 42.5 Å². The molecular formula is C17H12Cl2N2O5. The lowest BCUT2D eigenvalue weighted by Crippen LogP contribution is -2.20. The third-order valence-electron chi connectivity index (χ3n) is 3.06. The minimum atomic E-state index is -0.729. The fraction of sp³-hybridized carbons (Fsp3) is 0.0588. The third-order valence-corrected chi connectivity index (χ3v) is 3.80. The molecule has 2 aromatic carbocycles. The standard InChI is InChI=1S/C17H12Cl2N2O5/c18-14-7-4-12(9-15(14)19)20-16(22)10-26-17(23)8-3-11-1-5-13(6-2-11)21(24)25/h1-9H,10H2,(H,20,22)/b8-3+. The van der Waals surface area contributed by atoms with Gasteiger partial charge < -0.3 is 10.1 Å². The summed E-state index contributed by atoms with van der Waals surface area (Å²) in [6, 6.07) is 10.2. The van der Waals surface area contributed by atoms with E-state index in [4.69, 9.17) is 27.9 Å². The van der Waals surface area contributed by atoms with Gasteiger partial charge in [-0.25, -0.2) is 4.79 Å². The van der Waals surface area contributed by atoms with Crippen molar-refractivity contribution >= 4 is 52.5 Å². The Labute approximate surface area is 158 Å². The van der Waals surface area contributed by atoms with Crippen molar-refractivity contribution in [3.63, 3.8) is 0 Å². The van der Waals surface area contributed by atoms with Gasteiger partial charge in [-0.05, 0) is 42.0 Å². The van der Waals surface area contributed by atoms with Crippen LogP contribution in [0.5, 0.6) is 0 Å². The van der Waals surface area contributed by atoms with Crippen LogP contribution in [-0.4, -0.2) is 23.4 Å². The van der Waals surface area contributed by atoms with Crippen molar-refractivity contribution < 1.29 is 19.2 Å². The molecule has 9 heteroatoms. The van der Waals surface area contributed by atoms with Gasteiger partial charge in [-0.3, -0.25) is 14.9 Å². The number of hydrogen-bond donors (Lipinski definition) is 1. The number of rotatable bonds is 6. The Bertz CT molecular complexity index is 866. The molecule has 2 rings (SSSR count). The molecule has 0 spiro atoms. The number of ether oxygens (including phenoxy) is 1. The topological polar surface area (TPSA) is 98.5 Å². The summed E-state index contributed by atoms with van der Waals surface area (Å²) in [6.07, 6.45) is 2.54. The van der Waals surface area contributed by atoms with Crippen molar-refractivity contribution in [2.45, 2.75) is 0 Å². The van der Waals surface area contributed by atoms with Gasteiger partial charge >= 0.3 is 5.97 Å². The number of carbonyl (C=O) groups is 2. The van der Waals surface area contributed by atoms with Crippen LogP contribution in [0, 0.1) is 10.1 Å². The molecular weight excluding hydrogens is 383 g/mol. The Kier molecular flexibility index (Phi) is 6.71. The first kappa shape index (κ1) is 19.4. The number of benzene rings is 2. The van der Waals surface area contributed by atoms with Crippen LogP contribution >= 0.6 is 23.2 Å². The summed E-state index contributed by atoms with van der Waals surface area (Å²) in [6.45, 7) is -0.482. The SMILES string of the molecule is O=C(COC(=O)/C=C/c1ccc([N+](=O)[O-])cc1)Nc1ccc(Cl)c(Cl)c1. The number of nitro groups is 1. The fourth-order valence-corrected chi connectivity index (χ4v) is 2.13. The van der Waals surface area contributed by atoms with Gasteiger partial charge in [0.05, 0.1) is 15.0 Å². The van der Waals surface area contributed by atoms with Crippen LogP contribution in [0.4, 0.5) is 11.4 Å². The van der Waals surface area contributed by atoms with Crippen LogP contribution in [0.1, 0.15) is 5.56 Å². The predicted octanol–water partition coefficient (Wildman–Crippen LogP) is 4.10. The summed E-state index contributed by atoms with van der Waals surface area (Å²) in [4.78, 5) is 33.4. The summed E-state index contributed by atoms with van der Waals surface area (Å²) in [7, 11) is 0. The maximum Gasteiger partial charge on any atom is 0.331 e. The molecule has 0 bridgehead atoms. The number of non-ortho nitro benzene ring substituents is 1. The van der Waals surface area contributed by atoms with Crippen LogP contribution in [0.3, 0.4) is 0 Å². The molecule has 0 aromatic heterocycles. The fourth-order valence-electron chi connectivity index (χ4n) is 1.83. The molecule has 0 aliphatic rings. The number of esters is 1. The van der Waals surface area contributed by atoms with Gasteiger partial charge in [0.15, 0.2) is 6.61 Å². The smallest absolute Gasteiger partial charge is 0.331 e. The molecule has 2 aromatic rings. The number of hydrogen-bond acceptors (Lipinski definition) is 5. The van der Waals surface area contributed by atoms with Crippen molar-refractivity contribution in [3.8, 4) is 0 Å². The normalized spacial score (nSPS) is 10.5. The second-order valence-electron chi connectivity index (χ2n) is 4.97. The highest BCUT2D eigenvalue weighted by Crippen LogP contribution is 2.24. The molecule has 1 amide bonds. The lowest BCUT2D eigenvalue weighted by atomic mass is 10.2. The van der Waals surface area contributed by atoms with E-state index < -0.39 is 23.4 Å². The minimum absolute atomic E-state index is 0.0521. The van der Waals surface area contributed by atoms with Gasteiger partial charge in [-0.2, -0.15) is 0 Å². The molecule has 0 fully saturated rings. The molecule has 0 saturated carbocycles. The third kappa shape index (κ3) is 5.87. The molecule has 134 valence electrons. The second-order valence-corrected chi connectivity index (χ2v) is 5.78. The minimum Gasteiger partial charge on any atom is -0.452 e. The summed E-state index contributed by atoms with van der Waals surface area (Å²) in [5.41, 5.74) is 0.943. The van der Waals surface area contributed by atoms with Crippen LogP contribution in [-0.2, 0) is 14.3 Å². The Morgan fingerprint density at radius 1 is 1.12 bits per heavy atom. The highest BCUT2D eigenvalue weighted by atomic mass is 35.5. The van der Waals surface area contributed by atoms with Gasteiger partial charge in [0.1, 0.15) is 0 Å². The lowest BCUT2D eigenvalue weighted by molar-refractivity contribution is -0.384. The molecule has 26 heavy (non-hydrogen) atoms. The van der Waals surface area contributed by atoms with E-state index in [-0.39, 0.29) is 10.7 Å². The maximum atomic E-state index is 11.7. The highest BCUT2D eigenvalue weighted by molar-refractivity contribution is 6.42. The van der Waals surface area contributed by atoms with Crippen LogP contribution in [0.15, 0.2) is 48.5 Å². The quantitative estimate of drug-likeness (QED) is 0.344.